The Hall–Kier alpha value is -1.37. The Bertz CT molecular complexity index is 440. The fraction of sp³-hybridized carbons (Fsp3) is 0.438. The summed E-state index contributed by atoms with van der Waals surface area (Å²) in [6.45, 7) is 6.39. The maximum absolute atomic E-state index is 12.0. The summed E-state index contributed by atoms with van der Waals surface area (Å²) in [5, 5.41) is 0. The minimum absolute atomic E-state index is 0.328. The highest BCUT2D eigenvalue weighted by molar-refractivity contribution is 6.03. The minimum Gasteiger partial charge on any atom is -0.295 e. The van der Waals surface area contributed by atoms with Crippen molar-refractivity contribution in [1.29, 1.82) is 0 Å². The molecule has 0 aliphatic heterocycles. The maximum Gasteiger partial charge on any atom is 0.159 e. The van der Waals surface area contributed by atoms with Crippen LogP contribution < -0.4 is 0 Å². The number of allylic oxidation sites excluding steroid dienone is 2. The first-order valence-electron chi connectivity index (χ1n) is 6.38. The molecular weight excluding hydrogens is 208 g/mol. The molecule has 0 N–H and O–H groups in total. The lowest BCUT2D eigenvalue weighted by molar-refractivity contribution is -0.117. The second kappa shape index (κ2) is 4.87. The van der Waals surface area contributed by atoms with Gasteiger partial charge in [0.1, 0.15) is 0 Å². The lowest BCUT2D eigenvalue weighted by Gasteiger charge is -2.28. The lowest BCUT2D eigenvalue weighted by Crippen LogP contribution is -2.21. The van der Waals surface area contributed by atoms with E-state index in [2.05, 4.69) is 26.0 Å². The quantitative estimate of drug-likeness (QED) is 0.745. The van der Waals surface area contributed by atoms with Crippen LogP contribution >= 0.6 is 0 Å². The predicted molar refractivity (Wildman–Crippen MR) is 71.6 cm³/mol. The van der Waals surface area contributed by atoms with Crippen molar-refractivity contribution >= 4 is 11.4 Å². The Morgan fingerprint density at radius 2 is 1.76 bits per heavy atom. The summed E-state index contributed by atoms with van der Waals surface area (Å²) in [4.78, 5) is 12.0. The molecule has 0 fully saturated rings. The molecule has 17 heavy (non-hydrogen) atoms. The van der Waals surface area contributed by atoms with Crippen molar-refractivity contribution in [2.45, 2.75) is 33.6 Å². The van der Waals surface area contributed by atoms with Crippen molar-refractivity contribution < 1.29 is 4.79 Å². The minimum atomic E-state index is 0.328. The summed E-state index contributed by atoms with van der Waals surface area (Å²) in [6, 6.07) is 10.3. The van der Waals surface area contributed by atoms with Crippen molar-refractivity contribution in [2.75, 3.05) is 0 Å². The zero-order chi connectivity index (χ0) is 12.4. The summed E-state index contributed by atoms with van der Waals surface area (Å²) in [6.07, 6.45) is 1.76. The van der Waals surface area contributed by atoms with Gasteiger partial charge in [-0.2, -0.15) is 0 Å². The van der Waals surface area contributed by atoms with Crippen LogP contribution in [-0.4, -0.2) is 5.78 Å². The average Bonchev–Trinajstić information content (AvgIpc) is 2.33. The van der Waals surface area contributed by atoms with E-state index in [1.807, 2.05) is 25.1 Å². The smallest absolute Gasteiger partial charge is 0.159 e. The first-order valence-corrected chi connectivity index (χ1v) is 6.38. The maximum atomic E-state index is 12.0. The Labute approximate surface area is 104 Å². The van der Waals surface area contributed by atoms with Crippen LogP contribution in [0, 0.1) is 11.8 Å². The Balaban J connectivity index is 2.37. The monoisotopic (exact) mass is 228 g/mol. The molecule has 1 aromatic carbocycles. The Morgan fingerprint density at radius 3 is 2.35 bits per heavy atom. The second-order valence-corrected chi connectivity index (χ2v) is 5.31. The van der Waals surface area contributed by atoms with Gasteiger partial charge in [0.05, 0.1) is 0 Å². The van der Waals surface area contributed by atoms with Crippen molar-refractivity contribution in [3.63, 3.8) is 0 Å². The molecule has 2 rings (SSSR count). The van der Waals surface area contributed by atoms with Crippen LogP contribution in [0.25, 0.3) is 5.57 Å². The summed E-state index contributed by atoms with van der Waals surface area (Å²) in [5.41, 5.74) is 3.43. The number of ketones is 1. The molecule has 0 radical (unpaired) electrons. The Kier molecular flexibility index (Phi) is 3.46. The van der Waals surface area contributed by atoms with Crippen molar-refractivity contribution in [1.82, 2.24) is 0 Å². The normalized spacial score (nSPS) is 21.2. The number of carbonyl (C=O) groups excluding carboxylic acids is 1. The van der Waals surface area contributed by atoms with Crippen LogP contribution in [0.2, 0.25) is 0 Å². The van der Waals surface area contributed by atoms with Gasteiger partial charge in [0.2, 0.25) is 0 Å². The standard InChI is InChI=1S/C16H20O/c1-11(2)14-9-15(12(3)16(17)10-14)13-7-5-4-6-8-13/h4-8,11,14H,9-10H2,1-3H3/t14-/m1/s1. The van der Waals surface area contributed by atoms with Crippen LogP contribution in [0.4, 0.5) is 0 Å². The van der Waals surface area contributed by atoms with E-state index in [1.165, 1.54) is 11.1 Å². The van der Waals surface area contributed by atoms with E-state index in [-0.39, 0.29) is 0 Å². The SMILES string of the molecule is CC1=C(c2ccccc2)C[C@@H](C(C)C)CC1=O. The summed E-state index contributed by atoms with van der Waals surface area (Å²) in [5.74, 6) is 1.40. The van der Waals surface area contributed by atoms with Crippen LogP contribution in [0.1, 0.15) is 39.2 Å². The average molecular weight is 228 g/mol. The zero-order valence-electron chi connectivity index (χ0n) is 10.9. The predicted octanol–water partition coefficient (Wildman–Crippen LogP) is 4.10. The highest BCUT2D eigenvalue weighted by Gasteiger charge is 2.27. The topological polar surface area (TPSA) is 17.1 Å². The molecule has 90 valence electrons. The van der Waals surface area contributed by atoms with Gasteiger partial charge in [0.15, 0.2) is 5.78 Å². The number of hydrogen-bond donors (Lipinski definition) is 0. The molecule has 0 bridgehead atoms. The second-order valence-electron chi connectivity index (χ2n) is 5.31. The third-order valence-corrected chi connectivity index (χ3v) is 3.85. The van der Waals surface area contributed by atoms with E-state index in [9.17, 15) is 4.79 Å². The lowest BCUT2D eigenvalue weighted by atomic mass is 9.76. The molecule has 1 aromatic rings. The van der Waals surface area contributed by atoms with Gasteiger partial charge >= 0.3 is 0 Å². The first kappa shape index (κ1) is 12.1. The van der Waals surface area contributed by atoms with Crippen molar-refractivity contribution in [3.05, 3.63) is 41.5 Å². The van der Waals surface area contributed by atoms with E-state index < -0.39 is 0 Å². The van der Waals surface area contributed by atoms with Gasteiger partial charge in [0.25, 0.3) is 0 Å². The Morgan fingerprint density at radius 1 is 1.12 bits per heavy atom. The van der Waals surface area contributed by atoms with Gasteiger partial charge in [-0.25, -0.2) is 0 Å². The van der Waals surface area contributed by atoms with Crippen molar-refractivity contribution in [2.24, 2.45) is 11.8 Å². The van der Waals surface area contributed by atoms with E-state index in [4.69, 9.17) is 0 Å². The fourth-order valence-electron chi connectivity index (χ4n) is 2.49. The molecule has 0 saturated carbocycles. The van der Waals surface area contributed by atoms with Gasteiger partial charge < -0.3 is 0 Å². The molecular formula is C16H20O. The van der Waals surface area contributed by atoms with Crippen LogP contribution in [0.15, 0.2) is 35.9 Å². The van der Waals surface area contributed by atoms with Crippen LogP contribution in [-0.2, 0) is 4.79 Å². The van der Waals surface area contributed by atoms with Gasteiger partial charge in [0, 0.05) is 6.42 Å². The number of Topliss-reactive ketones (excluding diaryl/α,β-unsaturated/α-hetero) is 1. The van der Waals surface area contributed by atoms with E-state index in [0.717, 1.165) is 18.4 Å². The van der Waals surface area contributed by atoms with E-state index in [1.54, 1.807) is 0 Å². The highest BCUT2D eigenvalue weighted by Crippen LogP contribution is 2.36. The highest BCUT2D eigenvalue weighted by atomic mass is 16.1. The molecule has 0 saturated heterocycles. The molecule has 0 amide bonds. The van der Waals surface area contributed by atoms with Crippen LogP contribution in [0.3, 0.4) is 0 Å². The molecule has 1 nitrogen and oxygen atoms in total. The molecule has 1 heteroatoms. The third kappa shape index (κ3) is 2.49. The molecule has 1 aliphatic rings. The number of rotatable bonds is 2. The van der Waals surface area contributed by atoms with Gasteiger partial charge in [-0.1, -0.05) is 44.2 Å². The molecule has 1 atom stereocenters. The van der Waals surface area contributed by atoms with Gasteiger partial charge in [-0.15, -0.1) is 0 Å². The number of carbonyl (C=O) groups is 1. The van der Waals surface area contributed by atoms with E-state index >= 15 is 0 Å². The molecule has 1 aliphatic carbocycles. The van der Waals surface area contributed by atoms with Gasteiger partial charge in [-0.05, 0) is 41.9 Å². The zero-order valence-corrected chi connectivity index (χ0v) is 10.9. The summed E-state index contributed by atoms with van der Waals surface area (Å²) < 4.78 is 0. The first-order chi connectivity index (χ1) is 8.09. The fourth-order valence-corrected chi connectivity index (χ4v) is 2.49. The number of benzene rings is 1. The van der Waals surface area contributed by atoms with Gasteiger partial charge in [-0.3, -0.25) is 4.79 Å². The summed E-state index contributed by atoms with van der Waals surface area (Å²) in [7, 11) is 0. The molecule has 0 spiro atoms. The molecule has 0 heterocycles. The third-order valence-electron chi connectivity index (χ3n) is 3.85. The molecule has 0 aromatic heterocycles. The summed E-state index contributed by atoms with van der Waals surface area (Å²) >= 11 is 0. The molecule has 0 unspecified atom stereocenters. The van der Waals surface area contributed by atoms with E-state index in [0.29, 0.717) is 17.6 Å². The number of hydrogen-bond acceptors (Lipinski definition) is 1. The largest absolute Gasteiger partial charge is 0.295 e. The van der Waals surface area contributed by atoms with Crippen molar-refractivity contribution in [3.8, 4) is 0 Å². The van der Waals surface area contributed by atoms with Crippen LogP contribution in [0.5, 0.6) is 0 Å².